The van der Waals surface area contributed by atoms with Crippen LogP contribution in [0.4, 0.5) is 0 Å². The van der Waals surface area contributed by atoms with Crippen LogP contribution >= 0.6 is 12.6 Å². The summed E-state index contributed by atoms with van der Waals surface area (Å²) in [4.78, 5) is 12.5. The molecule has 0 atom stereocenters. The molecule has 0 aliphatic heterocycles. The van der Waals surface area contributed by atoms with Crippen molar-refractivity contribution in [2.75, 3.05) is 19.8 Å². The second-order valence-electron chi connectivity index (χ2n) is 3.77. The third-order valence-electron chi connectivity index (χ3n) is 2.23. The van der Waals surface area contributed by atoms with Crippen LogP contribution in [0.1, 0.15) is 30.1 Å². The molecule has 0 fully saturated rings. The first kappa shape index (κ1) is 14.1. The second kappa shape index (κ2) is 8.14. The minimum absolute atomic E-state index is 0.0474. The molecule has 94 valence electrons. The van der Waals surface area contributed by atoms with E-state index in [1.807, 2.05) is 12.1 Å². The van der Waals surface area contributed by atoms with Crippen molar-refractivity contribution < 1.29 is 9.53 Å². The lowest BCUT2D eigenvalue weighted by molar-refractivity contribution is 0.0941. The van der Waals surface area contributed by atoms with Gasteiger partial charge in [-0.3, -0.25) is 4.79 Å². The molecule has 0 saturated carbocycles. The van der Waals surface area contributed by atoms with Crippen LogP contribution in [0.2, 0.25) is 0 Å². The van der Waals surface area contributed by atoms with Gasteiger partial charge in [0.05, 0.1) is 0 Å². The molecule has 4 heteroatoms. The quantitative estimate of drug-likeness (QED) is 0.579. The van der Waals surface area contributed by atoms with Gasteiger partial charge in [-0.2, -0.15) is 0 Å². The summed E-state index contributed by atoms with van der Waals surface area (Å²) in [6.45, 7) is 4.21. The van der Waals surface area contributed by atoms with Gasteiger partial charge in [0.15, 0.2) is 0 Å². The standard InChI is InChI=1S/C13H19NO2S/c1-2-9-16-10-3-8-14-13(15)11-4-6-12(17)7-5-11/h4-7,17H,2-3,8-10H2,1H3,(H,14,15). The average Bonchev–Trinajstić information content (AvgIpc) is 2.34. The van der Waals surface area contributed by atoms with Crippen molar-refractivity contribution in [2.24, 2.45) is 0 Å². The SMILES string of the molecule is CCCOCCCNC(=O)c1ccc(S)cc1. The van der Waals surface area contributed by atoms with Crippen LogP contribution in [0, 0.1) is 0 Å². The van der Waals surface area contributed by atoms with Crippen LogP contribution in [0.25, 0.3) is 0 Å². The van der Waals surface area contributed by atoms with Crippen molar-refractivity contribution in [3.05, 3.63) is 29.8 Å². The van der Waals surface area contributed by atoms with Gasteiger partial charge in [-0.25, -0.2) is 0 Å². The maximum absolute atomic E-state index is 11.7. The normalized spacial score (nSPS) is 10.2. The Morgan fingerprint density at radius 2 is 2.00 bits per heavy atom. The second-order valence-corrected chi connectivity index (χ2v) is 4.29. The lowest BCUT2D eigenvalue weighted by Gasteiger charge is -2.05. The van der Waals surface area contributed by atoms with Crippen LogP contribution < -0.4 is 5.32 Å². The Hall–Kier alpha value is -1.00. The third-order valence-corrected chi connectivity index (χ3v) is 2.53. The number of nitrogens with one attached hydrogen (secondary N) is 1. The minimum Gasteiger partial charge on any atom is -0.381 e. The van der Waals surface area contributed by atoms with Crippen LogP contribution in [0.3, 0.4) is 0 Å². The Balaban J connectivity index is 2.19. The number of rotatable bonds is 7. The Morgan fingerprint density at radius 1 is 1.29 bits per heavy atom. The van der Waals surface area contributed by atoms with E-state index in [9.17, 15) is 4.79 Å². The van der Waals surface area contributed by atoms with E-state index in [0.717, 1.165) is 24.3 Å². The number of hydrogen-bond acceptors (Lipinski definition) is 3. The first-order chi connectivity index (χ1) is 8.24. The maximum atomic E-state index is 11.7. The van der Waals surface area contributed by atoms with Crippen LogP contribution in [-0.2, 0) is 4.74 Å². The van der Waals surface area contributed by atoms with E-state index >= 15 is 0 Å². The van der Waals surface area contributed by atoms with Crippen molar-refractivity contribution in [2.45, 2.75) is 24.7 Å². The van der Waals surface area contributed by atoms with Gasteiger partial charge in [-0.05, 0) is 37.1 Å². The summed E-state index contributed by atoms with van der Waals surface area (Å²) in [6, 6.07) is 7.15. The Kier molecular flexibility index (Phi) is 6.74. The summed E-state index contributed by atoms with van der Waals surface area (Å²) in [5.74, 6) is -0.0474. The van der Waals surface area contributed by atoms with Gasteiger partial charge in [0.25, 0.3) is 5.91 Å². The molecule has 0 aromatic heterocycles. The summed E-state index contributed by atoms with van der Waals surface area (Å²) in [6.07, 6.45) is 1.87. The van der Waals surface area contributed by atoms with Crippen molar-refractivity contribution in [3.63, 3.8) is 0 Å². The maximum Gasteiger partial charge on any atom is 0.251 e. The highest BCUT2D eigenvalue weighted by Crippen LogP contribution is 2.07. The minimum atomic E-state index is -0.0474. The van der Waals surface area contributed by atoms with Crippen LogP contribution in [0.5, 0.6) is 0 Å². The zero-order valence-corrected chi connectivity index (χ0v) is 11.0. The van der Waals surface area contributed by atoms with Crippen molar-refractivity contribution in [1.82, 2.24) is 5.32 Å². The molecule has 1 aromatic rings. The van der Waals surface area contributed by atoms with Crippen molar-refractivity contribution in [3.8, 4) is 0 Å². The number of carbonyl (C=O) groups is 1. The molecule has 1 rings (SSSR count). The fourth-order valence-corrected chi connectivity index (χ4v) is 1.49. The number of carbonyl (C=O) groups excluding carboxylic acids is 1. The summed E-state index contributed by atoms with van der Waals surface area (Å²) in [5, 5.41) is 2.85. The Bertz CT molecular complexity index is 338. The van der Waals surface area contributed by atoms with E-state index in [1.54, 1.807) is 12.1 Å². The lowest BCUT2D eigenvalue weighted by atomic mass is 10.2. The van der Waals surface area contributed by atoms with Crippen LogP contribution in [0.15, 0.2) is 29.2 Å². The number of thiol groups is 1. The fraction of sp³-hybridized carbons (Fsp3) is 0.462. The van der Waals surface area contributed by atoms with E-state index in [2.05, 4.69) is 24.9 Å². The molecule has 0 aliphatic rings. The topological polar surface area (TPSA) is 38.3 Å². The van der Waals surface area contributed by atoms with Gasteiger partial charge < -0.3 is 10.1 Å². The predicted molar refractivity (Wildman–Crippen MR) is 71.8 cm³/mol. The molecule has 0 aliphatic carbocycles. The van der Waals surface area contributed by atoms with E-state index in [4.69, 9.17) is 4.74 Å². The Morgan fingerprint density at radius 3 is 2.65 bits per heavy atom. The van der Waals surface area contributed by atoms with Crippen molar-refractivity contribution >= 4 is 18.5 Å². The number of ether oxygens (including phenoxy) is 1. The van der Waals surface area contributed by atoms with Gasteiger partial charge in [-0.15, -0.1) is 12.6 Å². The lowest BCUT2D eigenvalue weighted by Crippen LogP contribution is -2.25. The van der Waals surface area contributed by atoms with Gasteiger partial charge in [0, 0.05) is 30.2 Å². The van der Waals surface area contributed by atoms with Gasteiger partial charge >= 0.3 is 0 Å². The van der Waals surface area contributed by atoms with Gasteiger partial charge in [0.1, 0.15) is 0 Å². The summed E-state index contributed by atoms with van der Waals surface area (Å²) < 4.78 is 5.32. The van der Waals surface area contributed by atoms with E-state index in [0.29, 0.717) is 18.7 Å². The predicted octanol–water partition coefficient (Wildman–Crippen LogP) is 2.52. The average molecular weight is 253 g/mol. The highest BCUT2D eigenvalue weighted by Gasteiger charge is 2.03. The molecule has 0 unspecified atom stereocenters. The number of benzene rings is 1. The highest BCUT2D eigenvalue weighted by molar-refractivity contribution is 7.80. The molecule has 0 spiro atoms. The molecule has 0 heterocycles. The zero-order chi connectivity index (χ0) is 12.5. The molecule has 1 aromatic carbocycles. The van der Waals surface area contributed by atoms with E-state index < -0.39 is 0 Å². The van der Waals surface area contributed by atoms with Crippen LogP contribution in [-0.4, -0.2) is 25.7 Å². The van der Waals surface area contributed by atoms with Gasteiger partial charge in [0.2, 0.25) is 0 Å². The molecule has 0 radical (unpaired) electrons. The third kappa shape index (κ3) is 5.75. The molecular formula is C13H19NO2S. The summed E-state index contributed by atoms with van der Waals surface area (Å²) in [7, 11) is 0. The molecule has 0 bridgehead atoms. The highest BCUT2D eigenvalue weighted by atomic mass is 32.1. The number of amides is 1. The first-order valence-corrected chi connectivity index (χ1v) is 6.33. The molecule has 17 heavy (non-hydrogen) atoms. The fourth-order valence-electron chi connectivity index (χ4n) is 1.34. The molecule has 1 amide bonds. The van der Waals surface area contributed by atoms with Crippen molar-refractivity contribution in [1.29, 1.82) is 0 Å². The number of hydrogen-bond donors (Lipinski definition) is 2. The first-order valence-electron chi connectivity index (χ1n) is 5.89. The smallest absolute Gasteiger partial charge is 0.251 e. The summed E-state index contributed by atoms with van der Waals surface area (Å²) >= 11 is 4.17. The monoisotopic (exact) mass is 253 g/mol. The van der Waals surface area contributed by atoms with E-state index in [-0.39, 0.29) is 5.91 Å². The molecule has 3 nitrogen and oxygen atoms in total. The largest absolute Gasteiger partial charge is 0.381 e. The zero-order valence-electron chi connectivity index (χ0n) is 10.1. The summed E-state index contributed by atoms with van der Waals surface area (Å²) in [5.41, 5.74) is 0.664. The molecular weight excluding hydrogens is 234 g/mol. The van der Waals surface area contributed by atoms with E-state index in [1.165, 1.54) is 0 Å². The molecule has 1 N–H and O–H groups in total. The molecule has 0 saturated heterocycles. The Labute approximate surface area is 108 Å². The van der Waals surface area contributed by atoms with Gasteiger partial charge in [-0.1, -0.05) is 6.92 Å².